The van der Waals surface area contributed by atoms with Crippen LogP contribution in [-0.4, -0.2) is 5.91 Å². The molecule has 0 aromatic carbocycles. The Labute approximate surface area is 81.2 Å². The minimum Gasteiger partial charge on any atom is -0.370 e. The summed E-state index contributed by atoms with van der Waals surface area (Å²) in [6.07, 6.45) is 8.05. The minimum absolute atomic E-state index is 0.191. The fraction of sp³-hybridized carbons (Fsp3) is 0.727. The predicted octanol–water partition coefficient (Wildman–Crippen LogP) is 2.63. The molecule has 2 heteroatoms. The molecule has 2 nitrogen and oxygen atoms in total. The van der Waals surface area contributed by atoms with Crippen molar-refractivity contribution in [2.75, 3.05) is 0 Å². The van der Waals surface area contributed by atoms with E-state index in [1.807, 2.05) is 6.08 Å². The Morgan fingerprint density at radius 1 is 1.54 bits per heavy atom. The van der Waals surface area contributed by atoms with Gasteiger partial charge in [-0.05, 0) is 18.8 Å². The summed E-state index contributed by atoms with van der Waals surface area (Å²) in [4.78, 5) is 10.7. The molecule has 76 valence electrons. The second-order valence-electron chi connectivity index (χ2n) is 3.56. The number of carbonyl (C=O) groups excluding carboxylic acids is 1. The molecule has 0 saturated carbocycles. The number of allylic oxidation sites excluding steroid dienone is 1. The summed E-state index contributed by atoms with van der Waals surface area (Å²) in [5, 5.41) is 0. The van der Waals surface area contributed by atoms with Crippen molar-refractivity contribution in [3.8, 4) is 0 Å². The minimum atomic E-state index is -0.191. The predicted molar refractivity (Wildman–Crippen MR) is 56.3 cm³/mol. The Hall–Kier alpha value is -0.790. The molecule has 0 aromatic heterocycles. The van der Waals surface area contributed by atoms with E-state index in [0.29, 0.717) is 12.3 Å². The fourth-order valence-corrected chi connectivity index (χ4v) is 1.51. The van der Waals surface area contributed by atoms with E-state index in [4.69, 9.17) is 5.73 Å². The first-order valence-electron chi connectivity index (χ1n) is 5.09. The zero-order valence-electron chi connectivity index (χ0n) is 8.59. The molecule has 1 amide bonds. The number of primary amides is 1. The van der Waals surface area contributed by atoms with Crippen LogP contribution in [0.25, 0.3) is 0 Å². The molecule has 0 fully saturated rings. The van der Waals surface area contributed by atoms with Gasteiger partial charge < -0.3 is 5.73 Å². The summed E-state index contributed by atoms with van der Waals surface area (Å²) in [5.74, 6) is 0.227. The van der Waals surface area contributed by atoms with Gasteiger partial charge >= 0.3 is 0 Å². The van der Waals surface area contributed by atoms with Gasteiger partial charge in [0.15, 0.2) is 0 Å². The first-order chi connectivity index (χ1) is 6.20. The molecule has 1 atom stereocenters. The molecule has 0 spiro atoms. The lowest BCUT2D eigenvalue weighted by molar-refractivity contribution is -0.118. The highest BCUT2D eigenvalue weighted by atomic mass is 16.1. The molecule has 0 aliphatic carbocycles. The molecule has 0 bridgehead atoms. The van der Waals surface area contributed by atoms with Gasteiger partial charge in [-0.1, -0.05) is 32.3 Å². The number of carbonyl (C=O) groups is 1. The zero-order valence-corrected chi connectivity index (χ0v) is 8.59. The maximum absolute atomic E-state index is 10.7. The molecular weight excluding hydrogens is 162 g/mol. The van der Waals surface area contributed by atoms with Crippen LogP contribution in [0.5, 0.6) is 0 Å². The number of unbranched alkanes of at least 4 members (excludes halogenated alkanes) is 2. The summed E-state index contributed by atoms with van der Waals surface area (Å²) in [5.41, 5.74) is 5.15. The molecule has 2 N–H and O–H groups in total. The van der Waals surface area contributed by atoms with Gasteiger partial charge in [0.25, 0.3) is 0 Å². The number of amides is 1. The van der Waals surface area contributed by atoms with Crippen molar-refractivity contribution < 1.29 is 4.79 Å². The van der Waals surface area contributed by atoms with E-state index in [-0.39, 0.29) is 5.91 Å². The summed E-state index contributed by atoms with van der Waals surface area (Å²) >= 11 is 0. The van der Waals surface area contributed by atoms with Crippen LogP contribution >= 0.6 is 0 Å². The first-order valence-corrected chi connectivity index (χ1v) is 5.09. The van der Waals surface area contributed by atoms with Gasteiger partial charge in [-0.2, -0.15) is 0 Å². The molecule has 0 aliphatic heterocycles. The van der Waals surface area contributed by atoms with E-state index in [2.05, 4.69) is 13.5 Å². The van der Waals surface area contributed by atoms with E-state index in [1.165, 1.54) is 19.3 Å². The fourth-order valence-electron chi connectivity index (χ4n) is 1.51. The average Bonchev–Trinajstić information content (AvgIpc) is 2.04. The van der Waals surface area contributed by atoms with Gasteiger partial charge in [-0.3, -0.25) is 4.79 Å². The summed E-state index contributed by atoms with van der Waals surface area (Å²) in [6.45, 7) is 5.86. The van der Waals surface area contributed by atoms with Gasteiger partial charge in [-0.15, -0.1) is 6.58 Å². The lowest BCUT2D eigenvalue weighted by Crippen LogP contribution is -2.16. The maximum Gasteiger partial charge on any atom is 0.217 e. The van der Waals surface area contributed by atoms with Crippen LogP contribution in [0.1, 0.15) is 45.4 Å². The lowest BCUT2D eigenvalue weighted by atomic mass is 9.94. The molecule has 1 unspecified atom stereocenters. The largest absolute Gasteiger partial charge is 0.370 e. The van der Waals surface area contributed by atoms with Crippen molar-refractivity contribution in [3.63, 3.8) is 0 Å². The highest BCUT2D eigenvalue weighted by Gasteiger charge is 2.09. The Balaban J connectivity index is 3.65. The third kappa shape index (κ3) is 7.57. The lowest BCUT2D eigenvalue weighted by Gasteiger charge is -2.11. The molecular formula is C11H21NO. The number of hydrogen-bond donors (Lipinski definition) is 1. The Bertz CT molecular complexity index is 154. The van der Waals surface area contributed by atoms with Crippen LogP contribution in [0.2, 0.25) is 0 Å². The van der Waals surface area contributed by atoms with E-state index in [1.54, 1.807) is 0 Å². The van der Waals surface area contributed by atoms with Gasteiger partial charge in [0.05, 0.1) is 0 Å². The normalized spacial score (nSPS) is 12.4. The average molecular weight is 183 g/mol. The van der Waals surface area contributed by atoms with Crippen LogP contribution in [0.15, 0.2) is 12.7 Å². The van der Waals surface area contributed by atoms with Gasteiger partial charge in [-0.25, -0.2) is 0 Å². The van der Waals surface area contributed by atoms with Crippen molar-refractivity contribution in [1.82, 2.24) is 0 Å². The second kappa shape index (κ2) is 7.84. The molecule has 0 radical (unpaired) electrons. The van der Waals surface area contributed by atoms with Gasteiger partial charge in [0, 0.05) is 6.42 Å². The van der Waals surface area contributed by atoms with Gasteiger partial charge in [0.1, 0.15) is 0 Å². The van der Waals surface area contributed by atoms with Crippen LogP contribution < -0.4 is 5.73 Å². The summed E-state index contributed by atoms with van der Waals surface area (Å²) < 4.78 is 0. The number of hydrogen-bond acceptors (Lipinski definition) is 1. The maximum atomic E-state index is 10.7. The van der Waals surface area contributed by atoms with E-state index < -0.39 is 0 Å². The topological polar surface area (TPSA) is 43.1 Å². The number of rotatable bonds is 8. The second-order valence-corrected chi connectivity index (χ2v) is 3.56. The standard InChI is InChI=1S/C11H21NO/c1-3-5-6-8-10(7-4-2)9-11(12)13/h4,10H,2-3,5-9H2,1H3,(H2,12,13). The smallest absolute Gasteiger partial charge is 0.217 e. The van der Waals surface area contributed by atoms with Crippen LogP contribution in [0.3, 0.4) is 0 Å². The van der Waals surface area contributed by atoms with Crippen LogP contribution in [0, 0.1) is 5.92 Å². The van der Waals surface area contributed by atoms with Gasteiger partial charge in [0.2, 0.25) is 5.91 Å². The van der Waals surface area contributed by atoms with Crippen LogP contribution in [-0.2, 0) is 4.79 Å². The Kier molecular flexibility index (Phi) is 7.36. The van der Waals surface area contributed by atoms with E-state index in [0.717, 1.165) is 12.8 Å². The molecule has 13 heavy (non-hydrogen) atoms. The Morgan fingerprint density at radius 2 is 2.23 bits per heavy atom. The molecule has 0 rings (SSSR count). The van der Waals surface area contributed by atoms with E-state index in [9.17, 15) is 4.79 Å². The molecule has 0 saturated heterocycles. The summed E-state index contributed by atoms with van der Waals surface area (Å²) in [7, 11) is 0. The molecule has 0 aliphatic rings. The number of nitrogens with two attached hydrogens (primary N) is 1. The quantitative estimate of drug-likeness (QED) is 0.456. The van der Waals surface area contributed by atoms with Crippen molar-refractivity contribution in [2.45, 2.75) is 45.4 Å². The SMILES string of the molecule is C=CCC(CCCCC)CC(N)=O. The zero-order chi connectivity index (χ0) is 10.1. The van der Waals surface area contributed by atoms with Crippen LogP contribution in [0.4, 0.5) is 0 Å². The first kappa shape index (κ1) is 12.2. The van der Waals surface area contributed by atoms with E-state index >= 15 is 0 Å². The third-order valence-corrected chi connectivity index (χ3v) is 2.21. The van der Waals surface area contributed by atoms with Crippen molar-refractivity contribution in [2.24, 2.45) is 11.7 Å². The summed E-state index contributed by atoms with van der Waals surface area (Å²) in [6, 6.07) is 0. The van der Waals surface area contributed by atoms with Crippen molar-refractivity contribution in [1.29, 1.82) is 0 Å². The highest BCUT2D eigenvalue weighted by molar-refractivity contribution is 5.73. The Morgan fingerprint density at radius 3 is 2.69 bits per heavy atom. The van der Waals surface area contributed by atoms with Crippen molar-refractivity contribution in [3.05, 3.63) is 12.7 Å². The third-order valence-electron chi connectivity index (χ3n) is 2.21. The van der Waals surface area contributed by atoms with Crippen molar-refractivity contribution >= 4 is 5.91 Å². The molecule has 0 heterocycles. The highest BCUT2D eigenvalue weighted by Crippen LogP contribution is 2.17. The monoisotopic (exact) mass is 183 g/mol. The molecule has 0 aromatic rings.